The summed E-state index contributed by atoms with van der Waals surface area (Å²) >= 11 is 0. The molecular formula is C36H40N2O10S2. The predicted molar refractivity (Wildman–Crippen MR) is 187 cm³/mol. The normalized spacial score (nSPS) is 14.0. The van der Waals surface area contributed by atoms with E-state index in [1.54, 1.807) is 109 Å². The van der Waals surface area contributed by atoms with E-state index in [4.69, 9.17) is 17.8 Å². The number of carbonyl (C=O) groups excluding carboxylic acids is 2. The van der Waals surface area contributed by atoms with E-state index >= 15 is 0 Å². The monoisotopic (exact) mass is 724 g/mol. The lowest BCUT2D eigenvalue weighted by molar-refractivity contribution is 0.0128. The Labute approximate surface area is 293 Å². The molecule has 0 fully saturated rings. The molecule has 2 amide bonds. The van der Waals surface area contributed by atoms with E-state index in [0.717, 1.165) is 12.5 Å². The van der Waals surface area contributed by atoms with Crippen LogP contribution < -0.4 is 10.6 Å². The van der Waals surface area contributed by atoms with Crippen LogP contribution in [0.5, 0.6) is 0 Å². The lowest BCUT2D eigenvalue weighted by atomic mass is 9.91. The van der Waals surface area contributed by atoms with E-state index in [0.29, 0.717) is 22.3 Å². The fourth-order valence-electron chi connectivity index (χ4n) is 5.17. The van der Waals surface area contributed by atoms with Gasteiger partial charge in [-0.05, 0) is 35.1 Å². The van der Waals surface area contributed by atoms with Crippen LogP contribution in [0.3, 0.4) is 0 Å². The third-order valence-corrected chi connectivity index (χ3v) is 8.46. The van der Waals surface area contributed by atoms with Crippen molar-refractivity contribution in [3.05, 3.63) is 144 Å². The van der Waals surface area contributed by atoms with Gasteiger partial charge in [-0.25, -0.2) is 9.59 Å². The molecule has 4 rings (SSSR count). The Bertz CT molecular complexity index is 1720. The molecule has 14 heteroatoms. The third-order valence-electron chi connectivity index (χ3n) is 7.32. The molecule has 4 aromatic carbocycles. The summed E-state index contributed by atoms with van der Waals surface area (Å²) < 4.78 is 73.5. The van der Waals surface area contributed by atoms with Crippen LogP contribution in [-0.4, -0.2) is 65.8 Å². The van der Waals surface area contributed by atoms with Crippen LogP contribution in [0.4, 0.5) is 9.59 Å². The number of hydrogen-bond acceptors (Lipinski definition) is 10. The summed E-state index contributed by atoms with van der Waals surface area (Å²) in [7, 11) is -8.69. The maximum Gasteiger partial charge on any atom is 0.407 e. The number of ether oxygens (including phenoxy) is 2. The molecular weight excluding hydrogens is 685 g/mol. The van der Waals surface area contributed by atoms with E-state index in [1.165, 1.54) is 0 Å². The second-order valence-corrected chi connectivity index (χ2v) is 14.7. The molecule has 0 aromatic heterocycles. The Kier molecular flexibility index (Phi) is 13.9. The Morgan fingerprint density at radius 2 is 0.780 bits per heavy atom. The summed E-state index contributed by atoms with van der Waals surface area (Å²) in [5.41, 5.74) is 2.70. The molecule has 0 spiro atoms. The highest BCUT2D eigenvalue weighted by molar-refractivity contribution is 7.86. The minimum absolute atomic E-state index is 0.0401. The summed E-state index contributed by atoms with van der Waals surface area (Å²) in [4.78, 5) is 26.5. The Morgan fingerprint density at radius 3 is 1.06 bits per heavy atom. The number of alkyl carbamates (subject to hydrolysis) is 2. The van der Waals surface area contributed by atoms with Gasteiger partial charge in [-0.1, -0.05) is 121 Å². The van der Waals surface area contributed by atoms with Crippen molar-refractivity contribution < 1.29 is 44.3 Å². The van der Waals surface area contributed by atoms with Gasteiger partial charge in [-0.15, -0.1) is 0 Å². The molecule has 0 saturated carbocycles. The zero-order chi connectivity index (χ0) is 36.0. The van der Waals surface area contributed by atoms with Crippen LogP contribution >= 0.6 is 0 Å². The first-order valence-electron chi connectivity index (χ1n) is 15.6. The van der Waals surface area contributed by atoms with E-state index in [-0.39, 0.29) is 26.1 Å². The molecule has 12 nitrogen and oxygen atoms in total. The zero-order valence-corrected chi connectivity index (χ0v) is 29.2. The molecule has 2 N–H and O–H groups in total. The topological polar surface area (TPSA) is 163 Å². The molecule has 0 aliphatic heterocycles. The third kappa shape index (κ3) is 13.6. The molecule has 0 saturated heterocycles. The number of carbonyl (C=O) groups is 2. The van der Waals surface area contributed by atoms with Crippen molar-refractivity contribution in [3.8, 4) is 0 Å². The number of amides is 2. The average Bonchev–Trinajstić information content (AvgIpc) is 3.08. The van der Waals surface area contributed by atoms with Crippen molar-refractivity contribution in [2.45, 2.75) is 50.3 Å². The van der Waals surface area contributed by atoms with Gasteiger partial charge in [0.15, 0.2) is 0 Å². The number of rotatable bonds is 17. The van der Waals surface area contributed by atoms with E-state index < -0.39 is 56.7 Å². The van der Waals surface area contributed by atoms with E-state index in [9.17, 15) is 26.4 Å². The van der Waals surface area contributed by atoms with Gasteiger partial charge in [-0.3, -0.25) is 8.37 Å². The first kappa shape index (κ1) is 38.0. The van der Waals surface area contributed by atoms with Crippen molar-refractivity contribution >= 4 is 32.4 Å². The van der Waals surface area contributed by atoms with Gasteiger partial charge in [0.1, 0.15) is 25.4 Å². The molecule has 4 atom stereocenters. The largest absolute Gasteiger partial charge is 0.445 e. The van der Waals surface area contributed by atoms with E-state index in [2.05, 4.69) is 10.6 Å². The van der Waals surface area contributed by atoms with Crippen LogP contribution in [-0.2, 0) is 64.1 Å². The molecule has 0 aliphatic rings. The molecule has 0 radical (unpaired) electrons. The van der Waals surface area contributed by atoms with Gasteiger partial charge < -0.3 is 20.1 Å². The highest BCUT2D eigenvalue weighted by atomic mass is 32.2. The molecule has 50 heavy (non-hydrogen) atoms. The van der Waals surface area contributed by atoms with Gasteiger partial charge in [-0.2, -0.15) is 16.8 Å². The molecule has 4 aromatic rings. The van der Waals surface area contributed by atoms with Crippen LogP contribution in [0.25, 0.3) is 0 Å². The molecule has 0 bridgehead atoms. The first-order valence-corrected chi connectivity index (χ1v) is 19.3. The molecule has 0 heterocycles. The summed E-state index contributed by atoms with van der Waals surface area (Å²) in [5, 5.41) is 5.35. The Morgan fingerprint density at radius 1 is 0.500 bits per heavy atom. The van der Waals surface area contributed by atoms with Gasteiger partial charge in [0.25, 0.3) is 20.2 Å². The smallest absolute Gasteiger partial charge is 0.407 e. The second kappa shape index (κ2) is 18.3. The first-order chi connectivity index (χ1) is 23.8. The maximum atomic E-state index is 13.3. The van der Waals surface area contributed by atoms with Crippen molar-refractivity contribution in [1.29, 1.82) is 0 Å². The standard InChI is InChI=1S/C36H40N2O10S2/c1-49(41,42)47-33(31(23-27-15-7-3-8-16-27)37-35(39)45-25-29-19-11-5-12-20-29)34(48-50(2,43)44)32(24-28-17-9-4-10-18-28)38-36(40)46-26-30-21-13-6-14-22-30/h3-22,31-34H,23-26H2,1-2H3,(H,37,39)(H,38,40)/t31-,32-,33+,34+/m0/s1. The lowest BCUT2D eigenvalue weighted by Crippen LogP contribution is -2.60. The van der Waals surface area contributed by atoms with Crippen LogP contribution in [0, 0.1) is 0 Å². The summed E-state index contributed by atoms with van der Waals surface area (Å²) in [6.45, 7) is -0.200. The fourth-order valence-corrected chi connectivity index (χ4v) is 6.47. The van der Waals surface area contributed by atoms with E-state index in [1.807, 2.05) is 12.1 Å². The summed E-state index contributed by atoms with van der Waals surface area (Å²) in [6.07, 6.45) is -3.78. The van der Waals surface area contributed by atoms with Crippen LogP contribution in [0.15, 0.2) is 121 Å². The van der Waals surface area contributed by atoms with Gasteiger partial charge in [0.05, 0.1) is 24.6 Å². The molecule has 0 unspecified atom stereocenters. The fraction of sp³-hybridized carbons (Fsp3) is 0.278. The lowest BCUT2D eigenvalue weighted by Gasteiger charge is -2.36. The zero-order valence-electron chi connectivity index (χ0n) is 27.6. The predicted octanol–water partition coefficient (Wildman–Crippen LogP) is 4.75. The van der Waals surface area contributed by atoms with Crippen LogP contribution in [0.1, 0.15) is 22.3 Å². The van der Waals surface area contributed by atoms with Crippen molar-refractivity contribution in [2.24, 2.45) is 0 Å². The van der Waals surface area contributed by atoms with Gasteiger partial charge in [0.2, 0.25) is 0 Å². The molecule has 266 valence electrons. The SMILES string of the molecule is CS(=O)(=O)O[C@@H]([C@H](OS(C)(=O)=O)[C@H](Cc1ccccc1)NC(=O)OCc1ccccc1)[C@H](Cc1ccccc1)NC(=O)OCc1ccccc1. The Hall–Kier alpha value is -4.76. The second-order valence-electron chi connectivity index (χ2n) is 11.5. The van der Waals surface area contributed by atoms with Gasteiger partial charge >= 0.3 is 12.2 Å². The summed E-state index contributed by atoms with van der Waals surface area (Å²) in [5.74, 6) is 0. The highest BCUT2D eigenvalue weighted by Gasteiger charge is 2.43. The summed E-state index contributed by atoms with van der Waals surface area (Å²) in [6, 6.07) is 32.8. The number of benzene rings is 4. The quantitative estimate of drug-likeness (QED) is 0.145. The maximum absolute atomic E-state index is 13.3. The van der Waals surface area contributed by atoms with Crippen molar-refractivity contribution in [1.82, 2.24) is 10.6 Å². The minimum Gasteiger partial charge on any atom is -0.445 e. The highest BCUT2D eigenvalue weighted by Crippen LogP contribution is 2.23. The minimum atomic E-state index is -4.34. The number of nitrogens with one attached hydrogen (secondary N) is 2. The van der Waals surface area contributed by atoms with Crippen molar-refractivity contribution in [2.75, 3.05) is 12.5 Å². The van der Waals surface area contributed by atoms with Crippen molar-refractivity contribution in [3.63, 3.8) is 0 Å². The number of hydrogen-bond donors (Lipinski definition) is 2. The van der Waals surface area contributed by atoms with Gasteiger partial charge in [0, 0.05) is 0 Å². The van der Waals surface area contributed by atoms with Crippen LogP contribution in [0.2, 0.25) is 0 Å². The Balaban J connectivity index is 1.74. The molecule has 0 aliphatic carbocycles. The average molecular weight is 725 g/mol.